The van der Waals surface area contributed by atoms with Gasteiger partial charge in [-0.25, -0.2) is 0 Å². The summed E-state index contributed by atoms with van der Waals surface area (Å²) in [6.07, 6.45) is 0. The van der Waals surface area contributed by atoms with E-state index in [4.69, 9.17) is 16.3 Å². The predicted octanol–water partition coefficient (Wildman–Crippen LogP) is 3.20. The summed E-state index contributed by atoms with van der Waals surface area (Å²) < 4.78 is 6.11. The van der Waals surface area contributed by atoms with Crippen molar-refractivity contribution in [2.75, 3.05) is 7.11 Å². The molecule has 0 heterocycles. The molecule has 0 unspecified atom stereocenters. The van der Waals surface area contributed by atoms with Crippen molar-refractivity contribution in [2.24, 2.45) is 0 Å². The lowest BCUT2D eigenvalue weighted by atomic mass is 10.2. The molecule has 0 atom stereocenters. The van der Waals surface area contributed by atoms with Gasteiger partial charge in [0.05, 0.1) is 13.0 Å². The molecule has 0 spiro atoms. The van der Waals surface area contributed by atoms with Crippen LogP contribution >= 0.6 is 27.5 Å². The molecule has 0 aromatic heterocycles. The third-order valence-electron chi connectivity index (χ3n) is 1.39. The summed E-state index contributed by atoms with van der Waals surface area (Å²) in [5.41, 5.74) is 1.00. The predicted molar refractivity (Wildman–Crippen MR) is 50.3 cm³/mol. The lowest BCUT2D eigenvalue weighted by Crippen LogP contribution is -1.88. The van der Waals surface area contributed by atoms with E-state index < -0.39 is 0 Å². The average Bonchev–Trinajstić information content (AvgIpc) is 2.04. The Morgan fingerprint density at radius 1 is 1.55 bits per heavy atom. The number of hydrogen-bond donors (Lipinski definition) is 0. The molecule has 1 aromatic rings. The number of ether oxygens (including phenoxy) is 1. The second-order valence-electron chi connectivity index (χ2n) is 2.09. The van der Waals surface area contributed by atoms with E-state index >= 15 is 0 Å². The first kappa shape index (κ1) is 8.88. The van der Waals surface area contributed by atoms with Gasteiger partial charge in [0.2, 0.25) is 0 Å². The van der Waals surface area contributed by atoms with Crippen molar-refractivity contribution in [1.29, 1.82) is 0 Å². The van der Waals surface area contributed by atoms with Crippen molar-refractivity contribution >= 4 is 27.5 Å². The Morgan fingerprint density at radius 3 is 2.82 bits per heavy atom. The van der Waals surface area contributed by atoms with Crippen molar-refractivity contribution in [3.63, 3.8) is 0 Å². The Morgan fingerprint density at radius 2 is 2.27 bits per heavy atom. The summed E-state index contributed by atoms with van der Waals surface area (Å²) in [5.74, 6) is 1.31. The minimum absolute atomic E-state index is 0.475. The summed E-state index contributed by atoms with van der Waals surface area (Å²) in [5, 5.41) is 0. The number of halogens is 2. The number of benzene rings is 1. The molecule has 0 aliphatic rings. The highest BCUT2D eigenvalue weighted by Gasteiger charge is 2.00. The zero-order valence-corrected chi connectivity index (χ0v) is 8.45. The molecule has 0 aliphatic carbocycles. The summed E-state index contributed by atoms with van der Waals surface area (Å²) in [6, 6.07) is 5.77. The fourth-order valence-electron chi connectivity index (χ4n) is 0.852. The minimum Gasteiger partial charge on any atom is -0.496 e. The van der Waals surface area contributed by atoms with Gasteiger partial charge < -0.3 is 4.74 Å². The van der Waals surface area contributed by atoms with Crippen molar-refractivity contribution in [2.45, 2.75) is 5.88 Å². The molecule has 0 fully saturated rings. The van der Waals surface area contributed by atoms with E-state index in [1.165, 1.54) is 0 Å². The summed E-state index contributed by atoms with van der Waals surface area (Å²) in [7, 11) is 1.64. The molecular formula is C8H8BrClO. The fraction of sp³-hybridized carbons (Fsp3) is 0.250. The first-order valence-corrected chi connectivity index (χ1v) is 4.49. The van der Waals surface area contributed by atoms with E-state index in [9.17, 15) is 0 Å². The molecule has 0 aliphatic heterocycles. The largest absolute Gasteiger partial charge is 0.496 e. The van der Waals surface area contributed by atoms with Crippen LogP contribution < -0.4 is 4.74 Å². The first-order chi connectivity index (χ1) is 5.27. The lowest BCUT2D eigenvalue weighted by molar-refractivity contribution is 0.411. The van der Waals surface area contributed by atoms with E-state index in [0.717, 1.165) is 15.8 Å². The van der Waals surface area contributed by atoms with Crippen LogP contribution in [0.5, 0.6) is 5.75 Å². The Balaban J connectivity index is 3.06. The van der Waals surface area contributed by atoms with Crippen LogP contribution in [0.3, 0.4) is 0 Å². The van der Waals surface area contributed by atoms with Crippen LogP contribution in [0.4, 0.5) is 0 Å². The van der Waals surface area contributed by atoms with E-state index in [1.807, 2.05) is 18.2 Å². The van der Waals surface area contributed by atoms with Gasteiger partial charge in [0.25, 0.3) is 0 Å². The molecule has 0 amide bonds. The molecule has 0 N–H and O–H groups in total. The van der Waals surface area contributed by atoms with E-state index in [-0.39, 0.29) is 0 Å². The standard InChI is InChI=1S/C8H8BrClO/c1-11-8-3-2-7(9)4-6(8)5-10/h2-4H,5H2,1H3. The second kappa shape index (κ2) is 3.98. The van der Waals surface area contributed by atoms with Gasteiger partial charge in [-0.3, -0.25) is 0 Å². The topological polar surface area (TPSA) is 9.23 Å². The maximum Gasteiger partial charge on any atom is 0.123 e. The van der Waals surface area contributed by atoms with Crippen molar-refractivity contribution in [1.82, 2.24) is 0 Å². The Labute approximate surface area is 79.4 Å². The molecule has 11 heavy (non-hydrogen) atoms. The molecule has 1 rings (SSSR count). The molecule has 1 aromatic carbocycles. The quantitative estimate of drug-likeness (QED) is 0.715. The maximum absolute atomic E-state index is 5.68. The third kappa shape index (κ3) is 2.11. The fourth-order valence-corrected chi connectivity index (χ4v) is 1.47. The summed E-state index contributed by atoms with van der Waals surface area (Å²) >= 11 is 9.03. The van der Waals surface area contributed by atoms with Gasteiger partial charge >= 0.3 is 0 Å². The SMILES string of the molecule is COc1ccc(Br)cc1CCl. The Bertz CT molecular complexity index is 250. The van der Waals surface area contributed by atoms with E-state index in [2.05, 4.69) is 15.9 Å². The minimum atomic E-state index is 0.475. The van der Waals surface area contributed by atoms with Crippen molar-refractivity contribution in [3.8, 4) is 5.75 Å². The van der Waals surface area contributed by atoms with Crippen LogP contribution in [-0.4, -0.2) is 7.11 Å². The van der Waals surface area contributed by atoms with Gasteiger partial charge in [-0.1, -0.05) is 15.9 Å². The van der Waals surface area contributed by atoms with Crippen LogP contribution in [0.2, 0.25) is 0 Å². The average molecular weight is 236 g/mol. The molecular weight excluding hydrogens is 227 g/mol. The number of rotatable bonds is 2. The van der Waals surface area contributed by atoms with Crippen molar-refractivity contribution < 1.29 is 4.74 Å². The highest BCUT2D eigenvalue weighted by molar-refractivity contribution is 9.10. The normalized spacial score (nSPS) is 9.73. The number of hydrogen-bond acceptors (Lipinski definition) is 1. The maximum atomic E-state index is 5.68. The zero-order valence-electron chi connectivity index (χ0n) is 6.10. The Kier molecular flexibility index (Phi) is 3.21. The highest BCUT2D eigenvalue weighted by Crippen LogP contribution is 2.23. The summed E-state index contributed by atoms with van der Waals surface area (Å²) in [4.78, 5) is 0. The van der Waals surface area contributed by atoms with Crippen LogP contribution in [0.25, 0.3) is 0 Å². The first-order valence-electron chi connectivity index (χ1n) is 3.16. The van der Waals surface area contributed by atoms with E-state index in [0.29, 0.717) is 5.88 Å². The van der Waals surface area contributed by atoms with Gasteiger partial charge in [-0.2, -0.15) is 0 Å². The second-order valence-corrected chi connectivity index (χ2v) is 3.27. The molecule has 0 saturated carbocycles. The van der Waals surface area contributed by atoms with Gasteiger partial charge in [0, 0.05) is 10.0 Å². The number of alkyl halides is 1. The van der Waals surface area contributed by atoms with Gasteiger partial charge in [-0.15, -0.1) is 11.6 Å². The molecule has 0 bridgehead atoms. The van der Waals surface area contributed by atoms with Gasteiger partial charge in [0.1, 0.15) is 5.75 Å². The smallest absolute Gasteiger partial charge is 0.123 e. The number of methoxy groups -OCH3 is 1. The molecule has 3 heteroatoms. The van der Waals surface area contributed by atoms with Crippen LogP contribution in [0.15, 0.2) is 22.7 Å². The third-order valence-corrected chi connectivity index (χ3v) is 2.17. The molecule has 0 saturated heterocycles. The molecule has 0 radical (unpaired) electrons. The zero-order chi connectivity index (χ0) is 8.27. The monoisotopic (exact) mass is 234 g/mol. The molecule has 1 nitrogen and oxygen atoms in total. The summed E-state index contributed by atoms with van der Waals surface area (Å²) in [6.45, 7) is 0. The lowest BCUT2D eigenvalue weighted by Gasteiger charge is -2.04. The highest BCUT2D eigenvalue weighted by atomic mass is 79.9. The van der Waals surface area contributed by atoms with E-state index in [1.54, 1.807) is 7.11 Å². The van der Waals surface area contributed by atoms with Crippen molar-refractivity contribution in [3.05, 3.63) is 28.2 Å². The van der Waals surface area contributed by atoms with Crippen LogP contribution in [0.1, 0.15) is 5.56 Å². The Hall–Kier alpha value is -0.210. The van der Waals surface area contributed by atoms with Crippen LogP contribution in [0, 0.1) is 0 Å². The van der Waals surface area contributed by atoms with Gasteiger partial charge in [-0.05, 0) is 18.2 Å². The molecule has 60 valence electrons. The van der Waals surface area contributed by atoms with Gasteiger partial charge in [0.15, 0.2) is 0 Å². The van der Waals surface area contributed by atoms with Crippen LogP contribution in [-0.2, 0) is 5.88 Å².